The van der Waals surface area contributed by atoms with Gasteiger partial charge in [0.05, 0.1) is 31.8 Å². The summed E-state index contributed by atoms with van der Waals surface area (Å²) >= 11 is 23.7. The minimum absolute atomic E-state index is 0. The van der Waals surface area contributed by atoms with Crippen LogP contribution in [-0.2, 0) is 46.5 Å². The van der Waals surface area contributed by atoms with E-state index in [1.54, 1.807) is 60.7 Å². The largest absolute Gasteiger partial charge is 0.426 e. The van der Waals surface area contributed by atoms with Crippen LogP contribution in [0.1, 0.15) is 74.9 Å². The van der Waals surface area contributed by atoms with Gasteiger partial charge in [-0.15, -0.1) is 12.4 Å². The molecule has 0 amide bonds. The third-order valence-electron chi connectivity index (χ3n) is 15.9. The molecule has 10 aromatic rings. The minimum Gasteiger partial charge on any atom is -0.426 e. The summed E-state index contributed by atoms with van der Waals surface area (Å²) in [7, 11) is 3.97. The van der Waals surface area contributed by atoms with Gasteiger partial charge in [0.25, 0.3) is 0 Å². The standard InChI is InChI=1S/C26H23ClFNO.C25H24ClNO.C18H15ClO3.C18H15ClO2.ClH/c1-19(17-29(2)18-21-8-4-3-5-9-21)26(30)24(23-10-6-7-11-25(23)28)16-20-12-14-22(27)15-13-20;1-27(19-21-8-4-2-5-9-21)17-16-25(28)24(22-10-6-3-7-11-22)18-20-12-14-23(26)15-13-20;19-15-8-6-13(7-9-15)10-17(14-4-2-1-3-5-14)22-18(20)11-16-12-21-16;19-15-8-6-13(7-9-15)10-17(14-4-2-1-3-5-14)18(20)11-16-12-21-16;/h3-16H,1,17-18H2,2H3;2-15,18H,16-17,19H2,1H3;1-10,16H,11-12H2;1-10,16H,11-12H2;1H/b24-16-;24-18+;2*17-10+;. The molecule has 520 valence electrons. The van der Waals surface area contributed by atoms with Crippen LogP contribution in [-0.4, -0.2) is 85.7 Å². The zero-order chi connectivity index (χ0) is 71.3. The molecule has 2 aliphatic rings. The third-order valence-corrected chi connectivity index (χ3v) is 16.9. The van der Waals surface area contributed by atoms with Crippen molar-refractivity contribution >= 4 is 129 Å². The Morgan fingerprint density at radius 3 is 1.23 bits per heavy atom. The summed E-state index contributed by atoms with van der Waals surface area (Å²) in [6.07, 6.45) is 8.67. The predicted molar refractivity (Wildman–Crippen MR) is 419 cm³/mol. The van der Waals surface area contributed by atoms with E-state index in [-0.39, 0.29) is 65.5 Å². The third kappa shape index (κ3) is 26.8. The van der Waals surface area contributed by atoms with Crippen LogP contribution in [0.15, 0.2) is 285 Å². The predicted octanol–water partition coefficient (Wildman–Crippen LogP) is 21.1. The van der Waals surface area contributed by atoms with E-state index in [4.69, 9.17) is 60.6 Å². The van der Waals surface area contributed by atoms with Crippen LogP contribution in [0.3, 0.4) is 0 Å². The molecule has 0 bridgehead atoms. The van der Waals surface area contributed by atoms with Crippen molar-refractivity contribution < 1.29 is 37.8 Å². The fourth-order valence-electron chi connectivity index (χ4n) is 10.5. The molecule has 12 rings (SSSR count). The number of hydrogen-bond donors (Lipinski definition) is 0. The van der Waals surface area contributed by atoms with Gasteiger partial charge in [-0.3, -0.25) is 24.1 Å². The number of likely N-dealkylation sites (N-methyl/N-ethyl adjacent to an activating group) is 1. The summed E-state index contributed by atoms with van der Waals surface area (Å²) in [5, 5.41) is 2.64. The molecule has 2 unspecified atom stereocenters. The summed E-state index contributed by atoms with van der Waals surface area (Å²) < 4.78 is 30.3. The van der Waals surface area contributed by atoms with Crippen molar-refractivity contribution in [1.29, 1.82) is 0 Å². The van der Waals surface area contributed by atoms with E-state index in [0.29, 0.717) is 82.7 Å². The van der Waals surface area contributed by atoms with E-state index < -0.39 is 5.82 Å². The number of nitrogens with zero attached hydrogens (tertiary/aromatic N) is 2. The highest BCUT2D eigenvalue weighted by molar-refractivity contribution is 6.33. The van der Waals surface area contributed by atoms with Crippen molar-refractivity contribution in [3.8, 4) is 0 Å². The van der Waals surface area contributed by atoms with Gasteiger partial charge in [0.1, 0.15) is 11.6 Å². The number of carbonyl (C=O) groups excluding carboxylic acids is 4. The van der Waals surface area contributed by atoms with Gasteiger partial charge < -0.3 is 19.1 Å². The van der Waals surface area contributed by atoms with E-state index in [9.17, 15) is 23.6 Å². The molecular weight excluding hydrogens is 1380 g/mol. The molecule has 2 aliphatic heterocycles. The Morgan fingerprint density at radius 1 is 0.451 bits per heavy atom. The van der Waals surface area contributed by atoms with Gasteiger partial charge in [0.15, 0.2) is 17.3 Å². The van der Waals surface area contributed by atoms with E-state index in [1.165, 1.54) is 11.6 Å². The quantitative estimate of drug-likeness (QED) is 0.0172. The second-order valence-corrected chi connectivity index (χ2v) is 25.9. The first kappa shape index (κ1) is 78.3. The molecule has 102 heavy (non-hydrogen) atoms. The van der Waals surface area contributed by atoms with Crippen LogP contribution in [0.2, 0.25) is 20.1 Å². The van der Waals surface area contributed by atoms with Crippen LogP contribution < -0.4 is 0 Å². The van der Waals surface area contributed by atoms with Gasteiger partial charge in [0.2, 0.25) is 0 Å². The molecule has 0 aliphatic carbocycles. The zero-order valence-electron chi connectivity index (χ0n) is 56.6. The highest BCUT2D eigenvalue weighted by atomic mass is 35.5. The molecule has 0 aromatic heterocycles. The average molecular weight is 1460 g/mol. The molecule has 2 atom stereocenters. The van der Waals surface area contributed by atoms with E-state index in [0.717, 1.165) is 56.6 Å². The van der Waals surface area contributed by atoms with Gasteiger partial charge >= 0.3 is 5.97 Å². The lowest BCUT2D eigenvalue weighted by Crippen LogP contribution is -2.24. The molecule has 0 N–H and O–H groups in total. The fourth-order valence-corrected chi connectivity index (χ4v) is 11.0. The topological polar surface area (TPSA) is 109 Å². The minimum atomic E-state index is -0.448. The van der Waals surface area contributed by atoms with Crippen molar-refractivity contribution in [3.05, 3.63) is 367 Å². The number of ketones is 3. The van der Waals surface area contributed by atoms with Crippen molar-refractivity contribution in [2.45, 2.75) is 44.6 Å². The molecule has 2 fully saturated rings. The van der Waals surface area contributed by atoms with Gasteiger partial charge in [-0.25, -0.2) is 4.39 Å². The Kier molecular flexibility index (Phi) is 31.4. The highest BCUT2D eigenvalue weighted by Gasteiger charge is 2.29. The number of epoxide rings is 2. The number of halogens is 6. The summed E-state index contributed by atoms with van der Waals surface area (Å²) in [5.74, 6) is -0.244. The zero-order valence-corrected chi connectivity index (χ0v) is 60.4. The molecule has 0 saturated carbocycles. The van der Waals surface area contributed by atoms with Crippen LogP contribution in [0.4, 0.5) is 4.39 Å². The van der Waals surface area contributed by atoms with Crippen LogP contribution in [0.5, 0.6) is 0 Å². The lowest BCUT2D eigenvalue weighted by atomic mass is 9.94. The number of ether oxygens (including phenoxy) is 3. The van der Waals surface area contributed by atoms with Crippen molar-refractivity contribution in [3.63, 3.8) is 0 Å². The number of hydrogen-bond acceptors (Lipinski definition) is 9. The Bertz CT molecular complexity index is 4460. The fraction of sp³-hybridized carbons (Fsp3) is 0.149. The number of carbonyl (C=O) groups is 4. The highest BCUT2D eigenvalue weighted by Crippen LogP contribution is 2.30. The first-order valence-corrected chi connectivity index (χ1v) is 34.5. The first-order chi connectivity index (χ1) is 49.0. The van der Waals surface area contributed by atoms with Crippen molar-refractivity contribution in [2.24, 2.45) is 0 Å². The number of benzene rings is 10. The molecular formula is C87H78Cl5FN2O7. The Hall–Kier alpha value is -9.40. The van der Waals surface area contributed by atoms with Crippen LogP contribution in [0.25, 0.3) is 46.8 Å². The number of esters is 1. The normalized spacial score (nSPS) is 13.9. The first-order valence-electron chi connectivity index (χ1n) is 33.0. The number of allylic oxidation sites excluding steroid dienone is 3. The van der Waals surface area contributed by atoms with E-state index >= 15 is 0 Å². The number of Topliss-reactive ketones (excluding diaryl/α,β-unsaturated/α-hetero) is 3. The summed E-state index contributed by atoms with van der Waals surface area (Å²) in [5.41, 5.74) is 11.1. The van der Waals surface area contributed by atoms with E-state index in [2.05, 4.69) is 23.6 Å². The molecule has 0 spiro atoms. The Balaban J connectivity index is 0.000000174. The molecule has 15 heteroatoms. The van der Waals surface area contributed by atoms with Crippen molar-refractivity contribution in [2.75, 3.05) is 40.4 Å². The Morgan fingerprint density at radius 2 is 0.804 bits per heavy atom. The molecule has 9 nitrogen and oxygen atoms in total. The van der Waals surface area contributed by atoms with Gasteiger partial charge in [0, 0.05) is 92.5 Å². The second kappa shape index (κ2) is 40.9. The van der Waals surface area contributed by atoms with Gasteiger partial charge in [-0.2, -0.15) is 0 Å². The lowest BCUT2D eigenvalue weighted by molar-refractivity contribution is -0.137. The average Bonchev–Trinajstić information content (AvgIpc) is 1.08. The van der Waals surface area contributed by atoms with E-state index in [1.807, 2.05) is 237 Å². The molecule has 10 aromatic carbocycles. The van der Waals surface area contributed by atoms with Crippen LogP contribution >= 0.6 is 58.8 Å². The van der Waals surface area contributed by atoms with Gasteiger partial charge in [-0.1, -0.05) is 271 Å². The smallest absolute Gasteiger partial charge is 0.313 e. The summed E-state index contributed by atoms with van der Waals surface area (Å²) in [4.78, 5) is 55.0. The monoisotopic (exact) mass is 1460 g/mol. The maximum absolute atomic E-state index is 14.5. The SMILES string of the molecule is C=C(CN(C)Cc1ccccc1)C(=O)/C(=C\c1ccc(Cl)cc1)c1ccccc1F.CN(CCC(=O)/C(=C/c1ccc(Cl)cc1)c1ccccc1)Cc1ccccc1.Cl.O=C(CC1CO1)/C(=C/c1ccc(Cl)cc1)c1ccccc1.O=C(CC1CO1)O/C(=C/c1ccc(Cl)cc1)c1ccccc1. The molecule has 2 heterocycles. The number of rotatable bonds is 26. The maximum Gasteiger partial charge on any atom is 0.313 e. The lowest BCUT2D eigenvalue weighted by Gasteiger charge is -2.19. The van der Waals surface area contributed by atoms with Gasteiger partial charge in [-0.05, 0) is 138 Å². The summed E-state index contributed by atoms with van der Waals surface area (Å²) in [6.45, 7) is 7.91. The molecule has 2 saturated heterocycles. The Labute approximate surface area is 623 Å². The van der Waals surface area contributed by atoms with Crippen molar-refractivity contribution in [1.82, 2.24) is 9.80 Å². The maximum atomic E-state index is 14.5. The molecule has 0 radical (unpaired) electrons. The van der Waals surface area contributed by atoms with Crippen LogP contribution in [0, 0.1) is 5.82 Å². The summed E-state index contributed by atoms with van der Waals surface area (Å²) in [6, 6.07) is 85.1. The second-order valence-electron chi connectivity index (χ2n) is 24.2.